The van der Waals surface area contributed by atoms with Gasteiger partial charge in [0.1, 0.15) is 11.3 Å². The second-order valence-corrected chi connectivity index (χ2v) is 2.99. The molecule has 0 fully saturated rings. The SMILES string of the molecule is CCOc1cncc(C(F)(F)F)c1C(F)(F)F. The summed E-state index contributed by atoms with van der Waals surface area (Å²) in [6, 6.07) is 0. The van der Waals surface area contributed by atoms with Crippen molar-refractivity contribution in [1.82, 2.24) is 4.98 Å². The van der Waals surface area contributed by atoms with Gasteiger partial charge in [0.05, 0.1) is 18.4 Å². The maximum Gasteiger partial charge on any atom is 0.420 e. The van der Waals surface area contributed by atoms with Crippen LogP contribution >= 0.6 is 0 Å². The molecule has 0 atom stereocenters. The minimum absolute atomic E-state index is 0.130. The third kappa shape index (κ3) is 3.01. The summed E-state index contributed by atoms with van der Waals surface area (Å²) in [6.07, 6.45) is -9.55. The van der Waals surface area contributed by atoms with Crippen molar-refractivity contribution >= 4 is 0 Å². The molecule has 0 saturated heterocycles. The van der Waals surface area contributed by atoms with Crippen molar-refractivity contribution in [3.8, 4) is 5.75 Å². The molecule has 1 rings (SSSR count). The van der Waals surface area contributed by atoms with Crippen LogP contribution in [0.25, 0.3) is 0 Å². The van der Waals surface area contributed by atoms with Gasteiger partial charge in [-0.05, 0) is 6.92 Å². The monoisotopic (exact) mass is 259 g/mol. The summed E-state index contributed by atoms with van der Waals surface area (Å²) in [5.41, 5.74) is -3.70. The molecule has 8 heteroatoms. The van der Waals surface area contributed by atoms with Gasteiger partial charge in [0.2, 0.25) is 0 Å². The zero-order valence-electron chi connectivity index (χ0n) is 8.49. The fourth-order valence-corrected chi connectivity index (χ4v) is 1.21. The number of alkyl halides is 6. The van der Waals surface area contributed by atoms with Crippen LogP contribution in [0, 0.1) is 0 Å². The third-order valence-corrected chi connectivity index (χ3v) is 1.80. The molecule has 0 radical (unpaired) electrons. The number of aromatic nitrogens is 1. The maximum atomic E-state index is 12.6. The Labute approximate surface area is 92.2 Å². The van der Waals surface area contributed by atoms with E-state index in [1.807, 2.05) is 0 Å². The molecule has 0 bridgehead atoms. The normalized spacial score (nSPS) is 12.6. The average molecular weight is 259 g/mol. The minimum atomic E-state index is -5.15. The van der Waals surface area contributed by atoms with E-state index in [9.17, 15) is 26.3 Å². The smallest absolute Gasteiger partial charge is 0.420 e. The predicted molar refractivity (Wildman–Crippen MR) is 45.4 cm³/mol. The van der Waals surface area contributed by atoms with E-state index >= 15 is 0 Å². The highest BCUT2D eigenvalue weighted by molar-refractivity contribution is 5.41. The van der Waals surface area contributed by atoms with E-state index in [4.69, 9.17) is 0 Å². The Balaban J connectivity index is 3.46. The highest BCUT2D eigenvalue weighted by atomic mass is 19.4. The van der Waals surface area contributed by atoms with Gasteiger partial charge >= 0.3 is 12.4 Å². The first-order valence-corrected chi connectivity index (χ1v) is 4.43. The number of nitrogens with zero attached hydrogens (tertiary/aromatic N) is 1. The van der Waals surface area contributed by atoms with Gasteiger partial charge in [0, 0.05) is 6.20 Å². The predicted octanol–water partition coefficient (Wildman–Crippen LogP) is 3.52. The fourth-order valence-electron chi connectivity index (χ4n) is 1.21. The van der Waals surface area contributed by atoms with Crippen molar-refractivity contribution in [1.29, 1.82) is 0 Å². The Kier molecular flexibility index (Phi) is 3.53. The molecule has 1 heterocycles. The molecule has 0 saturated carbocycles. The van der Waals surface area contributed by atoms with Crippen molar-refractivity contribution in [3.05, 3.63) is 23.5 Å². The van der Waals surface area contributed by atoms with Gasteiger partial charge < -0.3 is 4.74 Å². The lowest BCUT2D eigenvalue weighted by molar-refractivity contribution is -0.163. The number of hydrogen-bond acceptors (Lipinski definition) is 2. The van der Waals surface area contributed by atoms with Crippen LogP contribution < -0.4 is 4.74 Å². The summed E-state index contributed by atoms with van der Waals surface area (Å²) < 4.78 is 79.4. The summed E-state index contributed by atoms with van der Waals surface area (Å²) in [5.74, 6) is -0.921. The molecule has 0 N–H and O–H groups in total. The van der Waals surface area contributed by atoms with E-state index in [-0.39, 0.29) is 12.8 Å². The minimum Gasteiger partial charge on any atom is -0.492 e. The fraction of sp³-hybridized carbons (Fsp3) is 0.444. The molecule has 0 unspecified atom stereocenters. The average Bonchev–Trinajstić information content (AvgIpc) is 2.14. The Morgan fingerprint density at radius 1 is 1.06 bits per heavy atom. The van der Waals surface area contributed by atoms with Crippen LogP contribution in [0.15, 0.2) is 12.4 Å². The van der Waals surface area contributed by atoms with Crippen molar-refractivity contribution < 1.29 is 31.1 Å². The number of hydrogen-bond donors (Lipinski definition) is 0. The van der Waals surface area contributed by atoms with E-state index in [1.54, 1.807) is 0 Å². The molecule has 0 aliphatic carbocycles. The summed E-state index contributed by atoms with van der Waals surface area (Å²) >= 11 is 0. The van der Waals surface area contributed by atoms with E-state index in [2.05, 4.69) is 9.72 Å². The van der Waals surface area contributed by atoms with Crippen molar-refractivity contribution in [2.45, 2.75) is 19.3 Å². The zero-order valence-corrected chi connectivity index (χ0v) is 8.49. The van der Waals surface area contributed by atoms with Gasteiger partial charge in [-0.25, -0.2) is 0 Å². The Bertz CT molecular complexity index is 397. The van der Waals surface area contributed by atoms with Gasteiger partial charge in [-0.2, -0.15) is 26.3 Å². The van der Waals surface area contributed by atoms with Crippen molar-refractivity contribution in [3.63, 3.8) is 0 Å². The first-order valence-electron chi connectivity index (χ1n) is 4.43. The summed E-state index contributed by atoms with van der Waals surface area (Å²) in [5, 5.41) is 0. The molecule has 17 heavy (non-hydrogen) atoms. The summed E-state index contributed by atoms with van der Waals surface area (Å²) in [4.78, 5) is 3.10. The second-order valence-electron chi connectivity index (χ2n) is 2.99. The van der Waals surface area contributed by atoms with Crippen molar-refractivity contribution in [2.75, 3.05) is 6.61 Å². The van der Waals surface area contributed by atoms with Gasteiger partial charge in [0.25, 0.3) is 0 Å². The molecule has 0 aliphatic heterocycles. The molecule has 1 aromatic heterocycles. The first kappa shape index (κ1) is 13.6. The topological polar surface area (TPSA) is 22.1 Å². The summed E-state index contributed by atoms with van der Waals surface area (Å²) in [6.45, 7) is 1.17. The van der Waals surface area contributed by atoms with Crippen LogP contribution in [0.4, 0.5) is 26.3 Å². The number of rotatable bonds is 2. The lowest BCUT2D eigenvalue weighted by Gasteiger charge is -2.18. The van der Waals surface area contributed by atoms with Crippen LogP contribution in [0.1, 0.15) is 18.1 Å². The number of ether oxygens (including phenoxy) is 1. The molecule has 2 nitrogen and oxygen atoms in total. The highest BCUT2D eigenvalue weighted by Gasteiger charge is 2.46. The molecular weight excluding hydrogens is 252 g/mol. The summed E-state index contributed by atoms with van der Waals surface area (Å²) in [7, 11) is 0. The van der Waals surface area contributed by atoms with E-state index in [0.29, 0.717) is 6.20 Å². The van der Waals surface area contributed by atoms with Crippen LogP contribution in [-0.2, 0) is 12.4 Å². The second kappa shape index (κ2) is 4.42. The largest absolute Gasteiger partial charge is 0.492 e. The first-order chi connectivity index (χ1) is 7.68. The number of halogens is 6. The van der Waals surface area contributed by atoms with E-state index in [0.717, 1.165) is 0 Å². The van der Waals surface area contributed by atoms with Crippen LogP contribution in [-0.4, -0.2) is 11.6 Å². The molecule has 0 aromatic carbocycles. The van der Waals surface area contributed by atoms with E-state index in [1.165, 1.54) is 6.92 Å². The number of pyridine rings is 1. The highest BCUT2D eigenvalue weighted by Crippen LogP contribution is 2.44. The van der Waals surface area contributed by atoms with Crippen molar-refractivity contribution in [2.24, 2.45) is 0 Å². The van der Waals surface area contributed by atoms with Crippen LogP contribution in [0.2, 0.25) is 0 Å². The van der Waals surface area contributed by atoms with Gasteiger partial charge in [0.15, 0.2) is 0 Å². The van der Waals surface area contributed by atoms with Gasteiger partial charge in [-0.3, -0.25) is 4.98 Å². The van der Waals surface area contributed by atoms with Gasteiger partial charge in [-0.15, -0.1) is 0 Å². The Morgan fingerprint density at radius 2 is 1.65 bits per heavy atom. The molecule has 0 amide bonds. The Morgan fingerprint density at radius 3 is 2.06 bits per heavy atom. The molecule has 0 aliphatic rings. The zero-order chi connectivity index (χ0) is 13.3. The van der Waals surface area contributed by atoms with Crippen LogP contribution in [0.3, 0.4) is 0 Å². The lowest BCUT2D eigenvalue weighted by Crippen LogP contribution is -2.18. The molecule has 96 valence electrons. The van der Waals surface area contributed by atoms with Gasteiger partial charge in [-0.1, -0.05) is 0 Å². The maximum absolute atomic E-state index is 12.6. The quantitative estimate of drug-likeness (QED) is 0.758. The standard InChI is InChI=1S/C9H7F6NO/c1-2-17-6-4-16-3-5(8(10,11)12)7(6)9(13,14)15/h3-4H,2H2,1H3. The molecule has 0 spiro atoms. The molecular formula is C9H7F6NO. The van der Waals surface area contributed by atoms with E-state index < -0.39 is 29.2 Å². The third-order valence-electron chi connectivity index (χ3n) is 1.80. The Hall–Kier alpha value is -1.47. The molecule has 1 aromatic rings. The lowest BCUT2D eigenvalue weighted by atomic mass is 10.1. The van der Waals surface area contributed by atoms with Crippen LogP contribution in [0.5, 0.6) is 5.75 Å².